The van der Waals surface area contributed by atoms with Crippen LogP contribution in [0.3, 0.4) is 0 Å². The Labute approximate surface area is 125 Å². The Kier molecular flexibility index (Phi) is 5.70. The Morgan fingerprint density at radius 2 is 2.05 bits per heavy atom. The summed E-state index contributed by atoms with van der Waals surface area (Å²) >= 11 is 0. The van der Waals surface area contributed by atoms with E-state index in [-0.39, 0.29) is 11.7 Å². The number of carbonyl (C=O) groups is 1. The van der Waals surface area contributed by atoms with E-state index in [1.54, 1.807) is 13.0 Å². The molecule has 1 saturated heterocycles. The van der Waals surface area contributed by atoms with Crippen LogP contribution in [0.25, 0.3) is 0 Å². The Bertz CT molecular complexity index is 472. The summed E-state index contributed by atoms with van der Waals surface area (Å²) in [7, 11) is 0. The first-order valence-electron chi connectivity index (χ1n) is 7.59. The molecule has 1 amide bonds. The Morgan fingerprint density at radius 1 is 1.24 bits per heavy atom. The van der Waals surface area contributed by atoms with Gasteiger partial charge in [0.25, 0.3) is 5.91 Å². The van der Waals surface area contributed by atoms with E-state index < -0.39 is 0 Å². The Hall–Kier alpha value is -1.46. The second-order valence-corrected chi connectivity index (χ2v) is 5.65. The van der Waals surface area contributed by atoms with Gasteiger partial charge in [0.1, 0.15) is 5.82 Å². The largest absolute Gasteiger partial charge is 0.337 e. The topological polar surface area (TPSA) is 49.6 Å². The molecular formula is C16H24FN3O. The first-order chi connectivity index (χ1) is 10.1. The summed E-state index contributed by atoms with van der Waals surface area (Å²) in [6.07, 6.45) is 1.93. The van der Waals surface area contributed by atoms with Crippen LogP contribution in [0.5, 0.6) is 0 Å². The molecule has 1 fully saturated rings. The lowest BCUT2D eigenvalue weighted by Gasteiger charge is -2.22. The van der Waals surface area contributed by atoms with Crippen LogP contribution in [0.2, 0.25) is 0 Å². The van der Waals surface area contributed by atoms with Crippen molar-refractivity contribution in [2.24, 2.45) is 5.73 Å². The molecule has 5 heteroatoms. The molecule has 1 heterocycles. The number of carbonyl (C=O) groups excluding carboxylic acids is 1. The number of rotatable bonds is 4. The average molecular weight is 293 g/mol. The monoisotopic (exact) mass is 293 g/mol. The van der Waals surface area contributed by atoms with Crippen LogP contribution < -0.4 is 5.73 Å². The fraction of sp³-hybridized carbons (Fsp3) is 0.562. The molecule has 0 aromatic heterocycles. The molecule has 116 valence electrons. The van der Waals surface area contributed by atoms with Gasteiger partial charge in [0.2, 0.25) is 0 Å². The van der Waals surface area contributed by atoms with Gasteiger partial charge in [-0.1, -0.05) is 0 Å². The Balaban J connectivity index is 1.99. The highest BCUT2D eigenvalue weighted by molar-refractivity contribution is 5.94. The smallest absolute Gasteiger partial charge is 0.254 e. The van der Waals surface area contributed by atoms with Crippen LogP contribution in [0, 0.1) is 12.7 Å². The molecule has 0 unspecified atom stereocenters. The van der Waals surface area contributed by atoms with Crippen molar-refractivity contribution in [3.8, 4) is 0 Å². The SMILES string of the molecule is Cc1cc(F)cc(C(=O)N2CCCN(CCCN)CC2)c1. The van der Waals surface area contributed by atoms with Crippen molar-refractivity contribution in [2.75, 3.05) is 39.3 Å². The van der Waals surface area contributed by atoms with Gasteiger partial charge in [-0.2, -0.15) is 0 Å². The highest BCUT2D eigenvalue weighted by Crippen LogP contribution is 2.13. The van der Waals surface area contributed by atoms with E-state index in [1.807, 2.05) is 4.90 Å². The van der Waals surface area contributed by atoms with Gasteiger partial charge in [-0.25, -0.2) is 4.39 Å². The van der Waals surface area contributed by atoms with Crippen molar-refractivity contribution < 1.29 is 9.18 Å². The van der Waals surface area contributed by atoms with Gasteiger partial charge in [0.05, 0.1) is 0 Å². The maximum atomic E-state index is 13.4. The van der Waals surface area contributed by atoms with Gasteiger partial charge in [-0.05, 0) is 63.2 Å². The van der Waals surface area contributed by atoms with Crippen LogP contribution in [-0.2, 0) is 0 Å². The lowest BCUT2D eigenvalue weighted by Crippen LogP contribution is -2.35. The van der Waals surface area contributed by atoms with E-state index in [9.17, 15) is 9.18 Å². The molecule has 21 heavy (non-hydrogen) atoms. The summed E-state index contributed by atoms with van der Waals surface area (Å²) in [6, 6.07) is 4.52. The van der Waals surface area contributed by atoms with Crippen molar-refractivity contribution in [1.29, 1.82) is 0 Å². The maximum Gasteiger partial charge on any atom is 0.254 e. The van der Waals surface area contributed by atoms with Gasteiger partial charge in [-0.15, -0.1) is 0 Å². The van der Waals surface area contributed by atoms with E-state index in [2.05, 4.69) is 4.90 Å². The van der Waals surface area contributed by atoms with E-state index in [0.717, 1.165) is 44.6 Å². The van der Waals surface area contributed by atoms with Crippen molar-refractivity contribution in [3.63, 3.8) is 0 Å². The summed E-state index contributed by atoms with van der Waals surface area (Å²) in [6.45, 7) is 6.76. The highest BCUT2D eigenvalue weighted by atomic mass is 19.1. The van der Waals surface area contributed by atoms with Crippen molar-refractivity contribution in [2.45, 2.75) is 19.8 Å². The second kappa shape index (κ2) is 7.52. The molecule has 4 nitrogen and oxygen atoms in total. The third-order valence-electron chi connectivity index (χ3n) is 3.84. The molecule has 1 aromatic carbocycles. The lowest BCUT2D eigenvalue weighted by atomic mass is 10.1. The number of aryl methyl sites for hydroxylation is 1. The summed E-state index contributed by atoms with van der Waals surface area (Å²) in [5.74, 6) is -0.420. The third kappa shape index (κ3) is 4.51. The first-order valence-corrected chi connectivity index (χ1v) is 7.59. The highest BCUT2D eigenvalue weighted by Gasteiger charge is 2.20. The molecule has 1 aromatic rings. The van der Waals surface area contributed by atoms with Gasteiger partial charge < -0.3 is 15.5 Å². The quantitative estimate of drug-likeness (QED) is 0.918. The summed E-state index contributed by atoms with van der Waals surface area (Å²) in [4.78, 5) is 16.7. The summed E-state index contributed by atoms with van der Waals surface area (Å²) < 4.78 is 13.4. The van der Waals surface area contributed by atoms with Crippen LogP contribution in [0.4, 0.5) is 4.39 Å². The van der Waals surface area contributed by atoms with Crippen LogP contribution in [0.1, 0.15) is 28.8 Å². The standard InChI is InChI=1S/C16H24FN3O/c1-13-10-14(12-15(17)11-13)16(21)20-7-3-6-19(8-9-20)5-2-4-18/h10-12H,2-9,18H2,1H3. The number of nitrogens with zero attached hydrogens (tertiary/aromatic N) is 2. The number of nitrogens with two attached hydrogens (primary N) is 1. The van der Waals surface area contributed by atoms with Crippen molar-refractivity contribution in [1.82, 2.24) is 9.80 Å². The molecule has 2 rings (SSSR count). The van der Waals surface area contributed by atoms with Crippen LogP contribution in [0.15, 0.2) is 18.2 Å². The van der Waals surface area contributed by atoms with Crippen LogP contribution >= 0.6 is 0 Å². The first kappa shape index (κ1) is 15.9. The molecule has 1 aliphatic rings. The second-order valence-electron chi connectivity index (χ2n) is 5.65. The van der Waals surface area contributed by atoms with Crippen molar-refractivity contribution >= 4 is 5.91 Å². The molecule has 2 N–H and O–H groups in total. The average Bonchev–Trinajstić information content (AvgIpc) is 2.68. The van der Waals surface area contributed by atoms with Gasteiger partial charge >= 0.3 is 0 Å². The van der Waals surface area contributed by atoms with Gasteiger partial charge in [-0.3, -0.25) is 4.79 Å². The number of benzene rings is 1. The van der Waals surface area contributed by atoms with Crippen molar-refractivity contribution in [3.05, 3.63) is 35.1 Å². The lowest BCUT2D eigenvalue weighted by molar-refractivity contribution is 0.0761. The fourth-order valence-corrected chi connectivity index (χ4v) is 2.75. The molecular weight excluding hydrogens is 269 g/mol. The minimum absolute atomic E-state index is 0.0710. The molecule has 0 radical (unpaired) electrons. The summed E-state index contributed by atoms with van der Waals surface area (Å²) in [5, 5.41) is 0. The predicted molar refractivity (Wildman–Crippen MR) is 81.8 cm³/mol. The molecule has 0 bridgehead atoms. The minimum Gasteiger partial charge on any atom is -0.337 e. The fourth-order valence-electron chi connectivity index (χ4n) is 2.75. The zero-order valence-electron chi connectivity index (χ0n) is 12.6. The van der Waals surface area contributed by atoms with E-state index in [4.69, 9.17) is 5.73 Å². The van der Waals surface area contributed by atoms with Crippen LogP contribution in [-0.4, -0.2) is 55.0 Å². The number of halogens is 1. The molecule has 0 spiro atoms. The Morgan fingerprint density at radius 3 is 2.76 bits per heavy atom. The van der Waals surface area contributed by atoms with E-state index >= 15 is 0 Å². The molecule has 0 atom stereocenters. The van der Waals surface area contributed by atoms with Gasteiger partial charge in [0.15, 0.2) is 0 Å². The predicted octanol–water partition coefficient (Wildman–Crippen LogP) is 1.63. The maximum absolute atomic E-state index is 13.4. The number of hydrogen-bond acceptors (Lipinski definition) is 3. The molecule has 0 aliphatic carbocycles. The third-order valence-corrected chi connectivity index (χ3v) is 3.84. The summed E-state index contributed by atoms with van der Waals surface area (Å²) in [5.41, 5.74) is 6.76. The minimum atomic E-state index is -0.349. The number of amides is 1. The zero-order chi connectivity index (χ0) is 15.2. The van der Waals surface area contributed by atoms with Gasteiger partial charge in [0, 0.05) is 25.2 Å². The van der Waals surface area contributed by atoms with E-state index in [1.165, 1.54) is 12.1 Å². The molecule has 1 aliphatic heterocycles. The number of hydrogen-bond donors (Lipinski definition) is 1. The molecule has 0 saturated carbocycles. The normalized spacial score (nSPS) is 16.8. The van der Waals surface area contributed by atoms with E-state index in [0.29, 0.717) is 18.7 Å². The zero-order valence-corrected chi connectivity index (χ0v) is 12.6.